The summed E-state index contributed by atoms with van der Waals surface area (Å²) in [7, 11) is 0. The Morgan fingerprint density at radius 1 is 1.19 bits per heavy atom. The number of nitrogens with one attached hydrogen (secondary N) is 2. The highest BCUT2D eigenvalue weighted by atomic mass is 16.6. The number of alkyl carbamates (subject to hydrolysis) is 1. The minimum absolute atomic E-state index is 0.135. The molecule has 2 N–H and O–H groups in total. The summed E-state index contributed by atoms with van der Waals surface area (Å²) in [6.45, 7) is 10.2. The third-order valence-corrected chi connectivity index (χ3v) is 5.60. The number of piperazine rings is 1. The molecular formula is C25H35N3O3. The van der Waals surface area contributed by atoms with E-state index in [1.165, 1.54) is 16.3 Å². The second-order valence-electron chi connectivity index (χ2n) is 9.38. The van der Waals surface area contributed by atoms with Gasteiger partial charge in [0.2, 0.25) is 0 Å². The first kappa shape index (κ1) is 23.2. The average molecular weight is 426 g/mol. The minimum Gasteiger partial charge on any atom is -0.444 e. The molecule has 0 radical (unpaired) electrons. The second-order valence-corrected chi connectivity index (χ2v) is 9.38. The van der Waals surface area contributed by atoms with Crippen LogP contribution in [0.15, 0.2) is 42.5 Å². The lowest BCUT2D eigenvalue weighted by Gasteiger charge is -2.38. The molecule has 1 amide bonds. The predicted octanol–water partition coefficient (Wildman–Crippen LogP) is 3.53. The summed E-state index contributed by atoms with van der Waals surface area (Å²) in [5.74, 6) is 0.195. The van der Waals surface area contributed by atoms with Gasteiger partial charge in [-0.3, -0.25) is 9.69 Å². The summed E-state index contributed by atoms with van der Waals surface area (Å²) in [6, 6.07) is 14.8. The number of ketones is 1. The Hall–Kier alpha value is -2.44. The number of hydrogen-bond donors (Lipinski definition) is 2. The SMILES string of the molecule is CC(=O)[C@H](Cc1ccc2ccccc2c1)N1CCN[C@@H](CCNC(=O)OC(C)(C)C)C1. The van der Waals surface area contributed by atoms with E-state index < -0.39 is 11.7 Å². The number of rotatable bonds is 7. The number of benzene rings is 2. The van der Waals surface area contributed by atoms with E-state index in [2.05, 4.69) is 45.9 Å². The summed E-state index contributed by atoms with van der Waals surface area (Å²) in [5.41, 5.74) is 0.683. The monoisotopic (exact) mass is 425 g/mol. The molecule has 6 heteroatoms. The largest absolute Gasteiger partial charge is 0.444 e. The van der Waals surface area contributed by atoms with E-state index in [-0.39, 0.29) is 17.9 Å². The molecule has 1 saturated heterocycles. The van der Waals surface area contributed by atoms with Crippen LogP contribution in [0.3, 0.4) is 0 Å². The van der Waals surface area contributed by atoms with Gasteiger partial charge < -0.3 is 15.4 Å². The molecule has 168 valence electrons. The van der Waals surface area contributed by atoms with Crippen molar-refractivity contribution in [2.75, 3.05) is 26.2 Å². The maximum Gasteiger partial charge on any atom is 0.407 e. The highest BCUT2D eigenvalue weighted by Gasteiger charge is 2.28. The van der Waals surface area contributed by atoms with E-state index in [9.17, 15) is 9.59 Å². The van der Waals surface area contributed by atoms with Gasteiger partial charge in [-0.05, 0) is 56.9 Å². The molecule has 2 aromatic rings. The van der Waals surface area contributed by atoms with E-state index in [1.807, 2.05) is 32.9 Å². The number of hydrogen-bond acceptors (Lipinski definition) is 5. The van der Waals surface area contributed by atoms with Crippen LogP contribution in [-0.4, -0.2) is 60.6 Å². The van der Waals surface area contributed by atoms with Crippen molar-refractivity contribution in [3.8, 4) is 0 Å². The molecule has 1 aliphatic rings. The van der Waals surface area contributed by atoms with E-state index in [0.29, 0.717) is 13.0 Å². The zero-order valence-corrected chi connectivity index (χ0v) is 19.1. The highest BCUT2D eigenvalue weighted by molar-refractivity contribution is 5.84. The molecule has 2 atom stereocenters. The predicted molar refractivity (Wildman–Crippen MR) is 124 cm³/mol. The van der Waals surface area contributed by atoms with Crippen LogP contribution >= 0.6 is 0 Å². The summed E-state index contributed by atoms with van der Waals surface area (Å²) in [4.78, 5) is 26.7. The highest BCUT2D eigenvalue weighted by Crippen LogP contribution is 2.19. The smallest absolute Gasteiger partial charge is 0.407 e. The van der Waals surface area contributed by atoms with Gasteiger partial charge in [0.25, 0.3) is 0 Å². The van der Waals surface area contributed by atoms with Crippen molar-refractivity contribution in [2.45, 2.75) is 58.2 Å². The fourth-order valence-corrected chi connectivity index (χ4v) is 4.11. The molecule has 31 heavy (non-hydrogen) atoms. The Morgan fingerprint density at radius 3 is 2.65 bits per heavy atom. The van der Waals surface area contributed by atoms with Gasteiger partial charge in [-0.1, -0.05) is 42.5 Å². The van der Waals surface area contributed by atoms with Crippen LogP contribution in [0.25, 0.3) is 10.8 Å². The summed E-state index contributed by atoms with van der Waals surface area (Å²) in [5, 5.41) is 8.75. The van der Waals surface area contributed by atoms with Crippen molar-refractivity contribution in [1.29, 1.82) is 0 Å². The van der Waals surface area contributed by atoms with Crippen molar-refractivity contribution >= 4 is 22.6 Å². The molecule has 1 heterocycles. The number of Topliss-reactive ketones (excluding diaryl/α,β-unsaturated/α-hetero) is 1. The van der Waals surface area contributed by atoms with Gasteiger partial charge in [0, 0.05) is 32.2 Å². The third kappa shape index (κ3) is 7.04. The first-order chi connectivity index (χ1) is 14.7. The molecule has 6 nitrogen and oxygen atoms in total. The average Bonchev–Trinajstić information content (AvgIpc) is 2.70. The first-order valence-corrected chi connectivity index (χ1v) is 11.1. The number of carbonyl (C=O) groups is 2. The van der Waals surface area contributed by atoms with Crippen LogP contribution in [0, 0.1) is 0 Å². The summed E-state index contributed by atoms with van der Waals surface area (Å²) >= 11 is 0. The molecule has 0 unspecified atom stereocenters. The van der Waals surface area contributed by atoms with Crippen molar-refractivity contribution < 1.29 is 14.3 Å². The summed E-state index contributed by atoms with van der Waals surface area (Å²) < 4.78 is 5.29. The normalized spacial score (nSPS) is 18.5. The molecule has 3 rings (SSSR count). The molecule has 1 fully saturated rings. The van der Waals surface area contributed by atoms with Crippen molar-refractivity contribution in [2.24, 2.45) is 0 Å². The molecule has 1 aliphatic heterocycles. The van der Waals surface area contributed by atoms with Gasteiger partial charge in [0.1, 0.15) is 11.4 Å². The van der Waals surface area contributed by atoms with E-state index in [1.54, 1.807) is 6.92 Å². The fourth-order valence-electron chi connectivity index (χ4n) is 4.11. The quantitative estimate of drug-likeness (QED) is 0.710. The zero-order chi connectivity index (χ0) is 22.4. The van der Waals surface area contributed by atoms with Gasteiger partial charge in [-0.2, -0.15) is 0 Å². The maximum absolute atomic E-state index is 12.5. The van der Waals surface area contributed by atoms with Crippen LogP contribution in [0.5, 0.6) is 0 Å². The number of fused-ring (bicyclic) bond motifs is 1. The van der Waals surface area contributed by atoms with Crippen LogP contribution in [0.2, 0.25) is 0 Å². The molecule has 0 aromatic heterocycles. The van der Waals surface area contributed by atoms with E-state index in [0.717, 1.165) is 26.1 Å². The Kier molecular flexibility index (Phi) is 7.68. The fraction of sp³-hybridized carbons (Fsp3) is 0.520. The van der Waals surface area contributed by atoms with Crippen molar-refractivity contribution in [3.63, 3.8) is 0 Å². The Labute approximate surface area is 185 Å². The molecule has 2 aromatic carbocycles. The van der Waals surface area contributed by atoms with Gasteiger partial charge in [-0.15, -0.1) is 0 Å². The molecule has 0 bridgehead atoms. The number of amides is 1. The minimum atomic E-state index is -0.499. The summed E-state index contributed by atoms with van der Waals surface area (Å²) in [6.07, 6.45) is 1.11. The third-order valence-electron chi connectivity index (χ3n) is 5.60. The second kappa shape index (κ2) is 10.2. The lowest BCUT2D eigenvalue weighted by Crippen LogP contribution is -2.56. The maximum atomic E-state index is 12.5. The van der Waals surface area contributed by atoms with Crippen LogP contribution in [0.1, 0.15) is 39.7 Å². The van der Waals surface area contributed by atoms with Crippen molar-refractivity contribution in [3.05, 3.63) is 48.0 Å². The molecule has 0 spiro atoms. The Bertz CT molecular complexity index is 906. The Balaban J connectivity index is 1.57. The first-order valence-electron chi connectivity index (χ1n) is 11.1. The standard InChI is InChI=1S/C25H35N3O3/c1-18(29)23(16-19-9-10-20-7-5-6-8-21(20)15-19)28-14-13-26-22(17-28)11-12-27-24(30)31-25(2,3)4/h5-10,15,22-23,26H,11-14,16-17H2,1-4H3,(H,27,30)/t22-,23-/m0/s1. The van der Waals surface area contributed by atoms with E-state index in [4.69, 9.17) is 4.74 Å². The van der Waals surface area contributed by atoms with Gasteiger partial charge in [-0.25, -0.2) is 4.79 Å². The van der Waals surface area contributed by atoms with Crippen LogP contribution in [-0.2, 0) is 16.0 Å². The topological polar surface area (TPSA) is 70.7 Å². The van der Waals surface area contributed by atoms with E-state index >= 15 is 0 Å². The van der Waals surface area contributed by atoms with Crippen LogP contribution in [0.4, 0.5) is 4.79 Å². The lowest BCUT2D eigenvalue weighted by molar-refractivity contribution is -0.122. The van der Waals surface area contributed by atoms with Crippen LogP contribution < -0.4 is 10.6 Å². The van der Waals surface area contributed by atoms with Gasteiger partial charge in [0.15, 0.2) is 0 Å². The molecule has 0 saturated carbocycles. The molecule has 0 aliphatic carbocycles. The number of carbonyl (C=O) groups excluding carboxylic acids is 2. The number of nitrogens with zero attached hydrogens (tertiary/aromatic N) is 1. The zero-order valence-electron chi connectivity index (χ0n) is 19.1. The van der Waals surface area contributed by atoms with Gasteiger partial charge in [0.05, 0.1) is 6.04 Å². The lowest BCUT2D eigenvalue weighted by atomic mass is 9.97. The van der Waals surface area contributed by atoms with Gasteiger partial charge >= 0.3 is 6.09 Å². The molecular weight excluding hydrogens is 390 g/mol. The number of ether oxygens (including phenoxy) is 1. The van der Waals surface area contributed by atoms with Crippen molar-refractivity contribution in [1.82, 2.24) is 15.5 Å². The Morgan fingerprint density at radius 2 is 1.94 bits per heavy atom.